The number of nitrogens with one attached hydrogen (secondary N) is 2. The van der Waals surface area contributed by atoms with Crippen LogP contribution in [0.15, 0.2) is 0 Å². The summed E-state index contributed by atoms with van der Waals surface area (Å²) in [6, 6.07) is 0.534. The molecular weight excluding hydrogens is 140 g/mol. The molecule has 0 aliphatic carbocycles. The van der Waals surface area contributed by atoms with Crippen LogP contribution in [0.25, 0.3) is 0 Å². The normalized spacial score (nSPS) is 24.3. The Balaban J connectivity index is 1.86. The zero-order valence-corrected chi connectivity index (χ0v) is 7.23. The van der Waals surface area contributed by atoms with Gasteiger partial charge in [-0.2, -0.15) is 5.48 Å². The summed E-state index contributed by atoms with van der Waals surface area (Å²) >= 11 is 0. The summed E-state index contributed by atoms with van der Waals surface area (Å²) in [6.45, 7) is 5.18. The first-order chi connectivity index (χ1) is 5.43. The van der Waals surface area contributed by atoms with Gasteiger partial charge in [-0.3, -0.25) is 0 Å². The molecule has 11 heavy (non-hydrogen) atoms. The van der Waals surface area contributed by atoms with Gasteiger partial charge in [0, 0.05) is 12.6 Å². The third-order valence-electron chi connectivity index (χ3n) is 1.91. The fraction of sp³-hybridized carbons (Fsp3) is 1.00. The van der Waals surface area contributed by atoms with Gasteiger partial charge in [-0.15, -0.1) is 0 Å². The molecule has 66 valence electrons. The Kier molecular flexibility index (Phi) is 4.50. The molecule has 2 N–H and O–H groups in total. The predicted octanol–water partition coefficient (Wildman–Crippen LogP) is 0.670. The molecule has 1 heterocycles. The Labute approximate surface area is 68.5 Å². The van der Waals surface area contributed by atoms with Gasteiger partial charge >= 0.3 is 0 Å². The maximum Gasteiger partial charge on any atom is 0.0682 e. The van der Waals surface area contributed by atoms with E-state index in [4.69, 9.17) is 4.84 Å². The summed E-state index contributed by atoms with van der Waals surface area (Å²) in [7, 11) is 0. The summed E-state index contributed by atoms with van der Waals surface area (Å²) < 4.78 is 0. The number of hydroxylamine groups is 1. The first kappa shape index (κ1) is 8.97. The average Bonchev–Trinajstić information content (AvgIpc) is 2.50. The Morgan fingerprint density at radius 1 is 1.64 bits per heavy atom. The van der Waals surface area contributed by atoms with Crippen LogP contribution in [0.3, 0.4) is 0 Å². The average molecular weight is 158 g/mol. The highest BCUT2D eigenvalue weighted by Crippen LogP contribution is 1.96. The monoisotopic (exact) mass is 158 g/mol. The van der Waals surface area contributed by atoms with Crippen LogP contribution in [0.5, 0.6) is 0 Å². The lowest BCUT2D eigenvalue weighted by Gasteiger charge is -2.10. The third-order valence-corrected chi connectivity index (χ3v) is 1.91. The van der Waals surface area contributed by atoms with Crippen LogP contribution in [-0.2, 0) is 4.84 Å². The molecule has 1 aliphatic rings. The van der Waals surface area contributed by atoms with Crippen molar-refractivity contribution in [3.05, 3.63) is 0 Å². The lowest BCUT2D eigenvalue weighted by atomic mass is 10.3. The molecule has 1 unspecified atom stereocenters. The van der Waals surface area contributed by atoms with Crippen molar-refractivity contribution >= 4 is 0 Å². The van der Waals surface area contributed by atoms with E-state index < -0.39 is 0 Å². The minimum Gasteiger partial charge on any atom is -0.315 e. The van der Waals surface area contributed by atoms with Crippen LogP contribution in [-0.4, -0.2) is 25.7 Å². The maximum atomic E-state index is 5.27. The SMILES string of the molecule is CCCCONC1CCNC1. The standard InChI is InChI=1S/C8H18N2O/c1-2-3-6-11-10-8-4-5-9-7-8/h8-10H,2-7H2,1H3. The number of hydrogen-bond acceptors (Lipinski definition) is 3. The maximum absolute atomic E-state index is 5.27. The summed E-state index contributed by atoms with van der Waals surface area (Å²) in [4.78, 5) is 5.27. The molecule has 0 spiro atoms. The topological polar surface area (TPSA) is 33.3 Å². The van der Waals surface area contributed by atoms with Crippen LogP contribution in [0.4, 0.5) is 0 Å². The molecule has 0 radical (unpaired) electrons. The minimum absolute atomic E-state index is 0.534. The summed E-state index contributed by atoms with van der Waals surface area (Å²) in [6.07, 6.45) is 3.53. The molecule has 0 amide bonds. The van der Waals surface area contributed by atoms with Gasteiger partial charge < -0.3 is 10.2 Å². The van der Waals surface area contributed by atoms with E-state index in [0.29, 0.717) is 6.04 Å². The van der Waals surface area contributed by atoms with Gasteiger partial charge in [-0.1, -0.05) is 13.3 Å². The highest BCUT2D eigenvalue weighted by atomic mass is 16.6. The smallest absolute Gasteiger partial charge is 0.0682 e. The number of unbranched alkanes of at least 4 members (excludes halogenated alkanes) is 1. The van der Waals surface area contributed by atoms with Crippen LogP contribution in [0, 0.1) is 0 Å². The van der Waals surface area contributed by atoms with Crippen molar-refractivity contribution < 1.29 is 4.84 Å². The minimum atomic E-state index is 0.534. The van der Waals surface area contributed by atoms with E-state index in [1.807, 2.05) is 0 Å². The van der Waals surface area contributed by atoms with Crippen molar-refractivity contribution in [3.63, 3.8) is 0 Å². The Bertz CT molecular complexity index is 92.1. The van der Waals surface area contributed by atoms with Crippen molar-refractivity contribution in [1.82, 2.24) is 10.8 Å². The van der Waals surface area contributed by atoms with Crippen molar-refractivity contribution in [2.24, 2.45) is 0 Å². The summed E-state index contributed by atoms with van der Waals surface area (Å²) in [5, 5.41) is 3.27. The molecule has 3 heteroatoms. The quantitative estimate of drug-likeness (QED) is 0.456. The van der Waals surface area contributed by atoms with Gasteiger partial charge in [0.2, 0.25) is 0 Å². The molecule has 0 aromatic rings. The van der Waals surface area contributed by atoms with Crippen LogP contribution >= 0.6 is 0 Å². The molecule has 1 atom stereocenters. The van der Waals surface area contributed by atoms with Crippen molar-refractivity contribution in [3.8, 4) is 0 Å². The van der Waals surface area contributed by atoms with Gasteiger partial charge in [-0.25, -0.2) is 0 Å². The Hall–Kier alpha value is -0.120. The van der Waals surface area contributed by atoms with Gasteiger partial charge in [0.1, 0.15) is 0 Å². The molecule has 0 aromatic carbocycles. The summed E-state index contributed by atoms with van der Waals surface area (Å²) in [5.74, 6) is 0. The van der Waals surface area contributed by atoms with E-state index in [0.717, 1.165) is 26.1 Å². The highest BCUT2D eigenvalue weighted by Gasteiger charge is 2.12. The highest BCUT2D eigenvalue weighted by molar-refractivity contribution is 4.73. The van der Waals surface area contributed by atoms with Crippen LogP contribution in [0.1, 0.15) is 26.2 Å². The first-order valence-electron chi connectivity index (χ1n) is 4.51. The van der Waals surface area contributed by atoms with Gasteiger partial charge in [-0.05, 0) is 19.4 Å². The molecule has 1 rings (SSSR count). The van der Waals surface area contributed by atoms with Gasteiger partial charge in [0.05, 0.1) is 6.61 Å². The summed E-state index contributed by atoms with van der Waals surface area (Å²) in [5.41, 5.74) is 3.05. The van der Waals surface area contributed by atoms with E-state index >= 15 is 0 Å². The number of hydrogen-bond donors (Lipinski definition) is 2. The Morgan fingerprint density at radius 3 is 3.18 bits per heavy atom. The number of rotatable bonds is 5. The fourth-order valence-corrected chi connectivity index (χ4v) is 1.15. The van der Waals surface area contributed by atoms with E-state index in [2.05, 4.69) is 17.7 Å². The lowest BCUT2D eigenvalue weighted by molar-refractivity contribution is 0.0188. The largest absolute Gasteiger partial charge is 0.315 e. The molecule has 0 bridgehead atoms. The molecule has 0 saturated carbocycles. The molecular formula is C8H18N2O. The van der Waals surface area contributed by atoms with E-state index in [1.165, 1.54) is 12.8 Å². The lowest BCUT2D eigenvalue weighted by Crippen LogP contribution is -2.31. The third kappa shape index (κ3) is 3.70. The fourth-order valence-electron chi connectivity index (χ4n) is 1.15. The van der Waals surface area contributed by atoms with E-state index in [1.54, 1.807) is 0 Å². The van der Waals surface area contributed by atoms with Gasteiger partial charge in [0.25, 0.3) is 0 Å². The zero-order chi connectivity index (χ0) is 7.94. The van der Waals surface area contributed by atoms with E-state index in [-0.39, 0.29) is 0 Å². The molecule has 1 fully saturated rings. The second-order valence-corrected chi connectivity index (χ2v) is 3.01. The molecule has 3 nitrogen and oxygen atoms in total. The van der Waals surface area contributed by atoms with E-state index in [9.17, 15) is 0 Å². The predicted molar refractivity (Wildman–Crippen MR) is 45.3 cm³/mol. The zero-order valence-electron chi connectivity index (χ0n) is 7.23. The Morgan fingerprint density at radius 2 is 2.55 bits per heavy atom. The van der Waals surface area contributed by atoms with Crippen LogP contribution in [0.2, 0.25) is 0 Å². The van der Waals surface area contributed by atoms with Crippen molar-refractivity contribution in [1.29, 1.82) is 0 Å². The molecule has 1 saturated heterocycles. The molecule has 1 aliphatic heterocycles. The van der Waals surface area contributed by atoms with Gasteiger partial charge in [0.15, 0.2) is 0 Å². The van der Waals surface area contributed by atoms with Crippen molar-refractivity contribution in [2.75, 3.05) is 19.7 Å². The van der Waals surface area contributed by atoms with Crippen molar-refractivity contribution in [2.45, 2.75) is 32.2 Å². The van der Waals surface area contributed by atoms with Crippen LogP contribution < -0.4 is 10.8 Å². The first-order valence-corrected chi connectivity index (χ1v) is 4.51. The second kappa shape index (κ2) is 5.52. The molecule has 0 aromatic heterocycles. The second-order valence-electron chi connectivity index (χ2n) is 3.01.